The van der Waals surface area contributed by atoms with Gasteiger partial charge in [0.05, 0.1) is 0 Å². The van der Waals surface area contributed by atoms with Crippen molar-refractivity contribution in [2.75, 3.05) is 0 Å². The van der Waals surface area contributed by atoms with E-state index in [2.05, 4.69) is 25.9 Å². The molecule has 60 valence electrons. The number of halogens is 1. The second kappa shape index (κ2) is 2.71. The van der Waals surface area contributed by atoms with Gasteiger partial charge in [-0.2, -0.15) is 0 Å². The van der Waals surface area contributed by atoms with Crippen LogP contribution < -0.4 is 0 Å². The molecule has 2 rings (SSSR count). The van der Waals surface area contributed by atoms with Crippen molar-refractivity contribution in [2.24, 2.45) is 0 Å². The number of aromatic amines is 1. The molecular formula is C8H5BrN2O. The summed E-state index contributed by atoms with van der Waals surface area (Å²) in [5.74, 6) is 0. The number of carbonyl (C=O) groups is 1. The summed E-state index contributed by atoms with van der Waals surface area (Å²) in [5.41, 5.74) is 1.37. The molecular weight excluding hydrogens is 220 g/mol. The zero-order valence-electron chi connectivity index (χ0n) is 6.04. The van der Waals surface area contributed by atoms with Crippen molar-refractivity contribution in [3.63, 3.8) is 0 Å². The number of aromatic nitrogens is 2. The number of hydrogen-bond donors (Lipinski definition) is 1. The highest BCUT2D eigenvalue weighted by Gasteiger charge is 2.02. The van der Waals surface area contributed by atoms with Gasteiger partial charge < -0.3 is 4.98 Å². The number of H-pyrrole nitrogens is 1. The van der Waals surface area contributed by atoms with Crippen LogP contribution >= 0.6 is 15.9 Å². The molecule has 0 amide bonds. The molecule has 2 aromatic heterocycles. The van der Waals surface area contributed by atoms with Gasteiger partial charge in [0.25, 0.3) is 0 Å². The molecule has 0 saturated carbocycles. The monoisotopic (exact) mass is 224 g/mol. The molecule has 0 unspecified atom stereocenters. The minimum absolute atomic E-state index is 0.644. The number of carbonyl (C=O) groups excluding carboxylic acids is 1. The lowest BCUT2D eigenvalue weighted by Crippen LogP contribution is -1.78. The van der Waals surface area contributed by atoms with E-state index in [9.17, 15) is 4.79 Å². The molecule has 0 fully saturated rings. The molecule has 0 bridgehead atoms. The second-order valence-corrected chi connectivity index (χ2v) is 3.20. The summed E-state index contributed by atoms with van der Waals surface area (Å²) in [7, 11) is 0. The Hall–Kier alpha value is -1.16. The summed E-state index contributed by atoms with van der Waals surface area (Å²) in [5, 5.41) is 0.855. The molecule has 0 radical (unpaired) electrons. The van der Waals surface area contributed by atoms with E-state index >= 15 is 0 Å². The average Bonchev–Trinajstić information content (AvgIpc) is 2.46. The summed E-state index contributed by atoms with van der Waals surface area (Å²) in [4.78, 5) is 17.6. The van der Waals surface area contributed by atoms with Crippen LogP contribution in [0.1, 0.15) is 10.4 Å². The predicted octanol–water partition coefficient (Wildman–Crippen LogP) is 2.14. The van der Waals surface area contributed by atoms with E-state index in [-0.39, 0.29) is 0 Å². The number of fused-ring (bicyclic) bond motifs is 1. The summed E-state index contributed by atoms with van der Waals surface area (Å²) >= 11 is 3.24. The lowest BCUT2D eigenvalue weighted by molar-refractivity contribution is 0.112. The molecule has 4 heteroatoms. The van der Waals surface area contributed by atoms with Crippen molar-refractivity contribution in [2.45, 2.75) is 0 Å². The number of pyridine rings is 1. The van der Waals surface area contributed by atoms with E-state index in [1.807, 2.05) is 12.1 Å². The second-order valence-electron chi connectivity index (χ2n) is 2.39. The molecule has 0 saturated heterocycles. The molecule has 3 nitrogen and oxygen atoms in total. The van der Waals surface area contributed by atoms with Crippen molar-refractivity contribution < 1.29 is 4.79 Å². The fraction of sp³-hybridized carbons (Fsp3) is 0. The summed E-state index contributed by atoms with van der Waals surface area (Å²) in [6.07, 6.45) is 2.46. The summed E-state index contributed by atoms with van der Waals surface area (Å²) < 4.78 is 0.759. The smallest absolute Gasteiger partial charge is 0.152 e. The SMILES string of the molecule is O=Cc1c[nH]c2nc(Br)ccc12. The first-order valence-electron chi connectivity index (χ1n) is 3.40. The number of aldehydes is 1. The van der Waals surface area contributed by atoms with Crippen LogP contribution in [-0.4, -0.2) is 16.3 Å². The van der Waals surface area contributed by atoms with Crippen LogP contribution in [0.2, 0.25) is 0 Å². The van der Waals surface area contributed by atoms with E-state index < -0.39 is 0 Å². The van der Waals surface area contributed by atoms with Gasteiger partial charge in [0.2, 0.25) is 0 Å². The normalized spacial score (nSPS) is 10.4. The van der Waals surface area contributed by atoms with E-state index in [0.29, 0.717) is 5.56 Å². The first-order valence-corrected chi connectivity index (χ1v) is 4.19. The minimum Gasteiger partial charge on any atom is -0.345 e. The third-order valence-electron chi connectivity index (χ3n) is 1.66. The minimum atomic E-state index is 0.644. The van der Waals surface area contributed by atoms with Crippen LogP contribution in [0.15, 0.2) is 22.9 Å². The summed E-state index contributed by atoms with van der Waals surface area (Å²) in [6, 6.07) is 3.66. The molecule has 2 heterocycles. The molecule has 0 aliphatic rings. The maximum Gasteiger partial charge on any atom is 0.152 e. The molecule has 12 heavy (non-hydrogen) atoms. The fourth-order valence-electron chi connectivity index (χ4n) is 1.10. The summed E-state index contributed by atoms with van der Waals surface area (Å²) in [6.45, 7) is 0. The van der Waals surface area contributed by atoms with Crippen molar-refractivity contribution in [3.8, 4) is 0 Å². The van der Waals surface area contributed by atoms with Crippen molar-refractivity contribution in [1.82, 2.24) is 9.97 Å². The van der Waals surface area contributed by atoms with Crippen LogP contribution in [0.5, 0.6) is 0 Å². The van der Waals surface area contributed by atoms with Gasteiger partial charge in [-0.05, 0) is 28.1 Å². The molecule has 2 aromatic rings. The first-order chi connectivity index (χ1) is 5.81. The number of hydrogen-bond acceptors (Lipinski definition) is 2. The van der Waals surface area contributed by atoms with Gasteiger partial charge in [-0.1, -0.05) is 0 Å². The standard InChI is InChI=1S/C8H5BrN2O/c9-7-2-1-6-5(4-12)3-10-8(6)11-7/h1-4H,(H,10,11). The van der Waals surface area contributed by atoms with E-state index in [1.54, 1.807) is 6.20 Å². The van der Waals surface area contributed by atoms with Gasteiger partial charge in [0.1, 0.15) is 10.3 Å². The van der Waals surface area contributed by atoms with Crippen LogP contribution in [-0.2, 0) is 0 Å². The van der Waals surface area contributed by atoms with Gasteiger partial charge in [-0.3, -0.25) is 4.79 Å². The van der Waals surface area contributed by atoms with E-state index in [1.165, 1.54) is 0 Å². The molecule has 0 atom stereocenters. The molecule has 0 aliphatic heterocycles. The number of rotatable bonds is 1. The van der Waals surface area contributed by atoms with Gasteiger partial charge in [0.15, 0.2) is 6.29 Å². The van der Waals surface area contributed by atoms with Crippen LogP contribution in [0.25, 0.3) is 11.0 Å². The van der Waals surface area contributed by atoms with Crippen LogP contribution in [0, 0.1) is 0 Å². The van der Waals surface area contributed by atoms with Crippen molar-refractivity contribution in [3.05, 3.63) is 28.5 Å². The fourth-order valence-corrected chi connectivity index (χ4v) is 1.41. The molecule has 0 spiro atoms. The quantitative estimate of drug-likeness (QED) is 0.596. The van der Waals surface area contributed by atoms with Crippen molar-refractivity contribution in [1.29, 1.82) is 0 Å². The van der Waals surface area contributed by atoms with E-state index in [4.69, 9.17) is 0 Å². The number of nitrogens with one attached hydrogen (secondary N) is 1. The predicted molar refractivity (Wildman–Crippen MR) is 49.2 cm³/mol. The largest absolute Gasteiger partial charge is 0.345 e. The number of nitrogens with zero attached hydrogens (tertiary/aromatic N) is 1. The Morgan fingerprint density at radius 3 is 3.08 bits per heavy atom. The third-order valence-corrected chi connectivity index (χ3v) is 2.11. The Morgan fingerprint density at radius 1 is 1.50 bits per heavy atom. The highest BCUT2D eigenvalue weighted by atomic mass is 79.9. The Morgan fingerprint density at radius 2 is 2.33 bits per heavy atom. The Balaban J connectivity index is 2.81. The van der Waals surface area contributed by atoms with Gasteiger partial charge in [-0.25, -0.2) is 4.98 Å². The molecule has 1 N–H and O–H groups in total. The van der Waals surface area contributed by atoms with Crippen LogP contribution in [0.3, 0.4) is 0 Å². The van der Waals surface area contributed by atoms with Gasteiger partial charge in [0, 0.05) is 17.1 Å². The highest BCUT2D eigenvalue weighted by molar-refractivity contribution is 9.10. The van der Waals surface area contributed by atoms with Gasteiger partial charge >= 0.3 is 0 Å². The topological polar surface area (TPSA) is 45.8 Å². The Kier molecular flexibility index (Phi) is 1.69. The maximum absolute atomic E-state index is 10.5. The lowest BCUT2D eigenvalue weighted by Gasteiger charge is -1.90. The van der Waals surface area contributed by atoms with Crippen molar-refractivity contribution >= 4 is 33.2 Å². The third kappa shape index (κ3) is 1.04. The average molecular weight is 225 g/mol. The zero-order chi connectivity index (χ0) is 8.55. The maximum atomic E-state index is 10.5. The lowest BCUT2D eigenvalue weighted by atomic mass is 10.2. The molecule has 0 aliphatic carbocycles. The van der Waals surface area contributed by atoms with Gasteiger partial charge in [-0.15, -0.1) is 0 Å². The highest BCUT2D eigenvalue weighted by Crippen LogP contribution is 2.17. The van der Waals surface area contributed by atoms with E-state index in [0.717, 1.165) is 21.9 Å². The van der Waals surface area contributed by atoms with Crippen LogP contribution in [0.4, 0.5) is 0 Å². The molecule has 0 aromatic carbocycles. The Labute approximate surface area is 76.9 Å². The Bertz CT molecular complexity index is 436. The zero-order valence-corrected chi connectivity index (χ0v) is 7.63. The first kappa shape index (κ1) is 7.49.